The van der Waals surface area contributed by atoms with Gasteiger partial charge in [-0.3, -0.25) is 0 Å². The van der Waals surface area contributed by atoms with E-state index >= 15 is 0 Å². The monoisotopic (exact) mass is 291 g/mol. The number of halogens is 1. The Hall–Kier alpha value is -0.780. The van der Waals surface area contributed by atoms with Crippen molar-refractivity contribution in [3.05, 3.63) is 23.2 Å². The first-order chi connectivity index (χ1) is 8.19. The van der Waals surface area contributed by atoms with E-state index in [0.717, 1.165) is 0 Å². The maximum atomic E-state index is 12.2. The largest absolute Gasteiger partial charge is 0.398 e. The van der Waals surface area contributed by atoms with Gasteiger partial charge >= 0.3 is 0 Å². The number of ether oxygens (including phenoxy) is 1. The summed E-state index contributed by atoms with van der Waals surface area (Å²) in [5.74, 6) is -0.0538. The van der Waals surface area contributed by atoms with Crippen molar-refractivity contribution < 1.29 is 13.2 Å². The Morgan fingerprint density at radius 1 is 1.39 bits per heavy atom. The number of hydrogen-bond acceptors (Lipinski definition) is 4. The minimum absolute atomic E-state index is 0.0126. The Morgan fingerprint density at radius 2 is 2.00 bits per heavy atom. The molecule has 0 saturated carbocycles. The molecule has 0 aliphatic heterocycles. The van der Waals surface area contributed by atoms with Gasteiger partial charge in [-0.05, 0) is 32.4 Å². The molecule has 6 heteroatoms. The van der Waals surface area contributed by atoms with Crippen molar-refractivity contribution in [2.24, 2.45) is 0 Å². The van der Waals surface area contributed by atoms with Crippen LogP contribution in [0, 0.1) is 0 Å². The molecule has 4 nitrogen and oxygen atoms in total. The van der Waals surface area contributed by atoms with E-state index in [9.17, 15) is 8.42 Å². The fraction of sp³-hybridized carbons (Fsp3) is 0.500. The van der Waals surface area contributed by atoms with Crippen molar-refractivity contribution in [2.45, 2.75) is 30.8 Å². The maximum absolute atomic E-state index is 12.2. The molecule has 0 aliphatic rings. The molecular weight excluding hydrogens is 274 g/mol. The third-order valence-electron chi connectivity index (χ3n) is 2.83. The SMILES string of the molecule is COC(C)(C)CCS(=O)(=O)c1c(N)cccc1Cl. The minimum atomic E-state index is -3.50. The molecule has 1 aromatic rings. The van der Waals surface area contributed by atoms with Crippen LogP contribution in [0.5, 0.6) is 0 Å². The molecule has 0 fully saturated rings. The number of benzene rings is 1. The lowest BCUT2D eigenvalue weighted by atomic mass is 10.1. The summed E-state index contributed by atoms with van der Waals surface area (Å²) >= 11 is 5.91. The Morgan fingerprint density at radius 3 is 2.50 bits per heavy atom. The zero-order valence-electron chi connectivity index (χ0n) is 10.7. The van der Waals surface area contributed by atoms with E-state index in [0.29, 0.717) is 6.42 Å². The predicted octanol–water partition coefficient (Wildman–Crippen LogP) is 2.51. The van der Waals surface area contributed by atoms with Gasteiger partial charge in [0.2, 0.25) is 0 Å². The predicted molar refractivity (Wildman–Crippen MR) is 73.6 cm³/mol. The van der Waals surface area contributed by atoms with Gasteiger partial charge < -0.3 is 10.5 Å². The van der Waals surface area contributed by atoms with Gasteiger partial charge in [0, 0.05) is 7.11 Å². The van der Waals surface area contributed by atoms with Crippen molar-refractivity contribution in [3.63, 3.8) is 0 Å². The van der Waals surface area contributed by atoms with Gasteiger partial charge in [-0.15, -0.1) is 0 Å². The maximum Gasteiger partial charge on any atom is 0.181 e. The van der Waals surface area contributed by atoms with Crippen LogP contribution in [0.15, 0.2) is 23.1 Å². The third kappa shape index (κ3) is 3.60. The summed E-state index contributed by atoms with van der Waals surface area (Å²) in [6, 6.07) is 4.67. The Bertz CT molecular complexity index is 506. The number of nitrogens with two attached hydrogens (primary N) is 1. The van der Waals surface area contributed by atoms with Gasteiger partial charge in [-0.2, -0.15) is 0 Å². The molecule has 0 atom stereocenters. The van der Waals surface area contributed by atoms with Gasteiger partial charge in [0.05, 0.1) is 22.1 Å². The molecule has 1 rings (SSSR count). The lowest BCUT2D eigenvalue weighted by molar-refractivity contribution is 0.0203. The van der Waals surface area contributed by atoms with Crippen LogP contribution >= 0.6 is 11.6 Å². The lowest BCUT2D eigenvalue weighted by Crippen LogP contribution is -2.26. The molecule has 0 radical (unpaired) electrons. The number of anilines is 1. The van der Waals surface area contributed by atoms with Crippen LogP contribution < -0.4 is 5.73 Å². The number of hydrogen-bond donors (Lipinski definition) is 1. The molecule has 102 valence electrons. The second kappa shape index (κ2) is 5.47. The van der Waals surface area contributed by atoms with E-state index in [4.69, 9.17) is 22.1 Å². The van der Waals surface area contributed by atoms with Gasteiger partial charge in [0.15, 0.2) is 9.84 Å². The first-order valence-electron chi connectivity index (χ1n) is 5.51. The molecule has 0 amide bonds. The Kier molecular flexibility index (Phi) is 4.64. The van der Waals surface area contributed by atoms with Gasteiger partial charge in [-0.25, -0.2) is 8.42 Å². The fourth-order valence-electron chi connectivity index (χ4n) is 1.44. The highest BCUT2D eigenvalue weighted by molar-refractivity contribution is 7.91. The van der Waals surface area contributed by atoms with E-state index in [1.165, 1.54) is 12.1 Å². The average Bonchev–Trinajstić information content (AvgIpc) is 2.26. The van der Waals surface area contributed by atoms with Crippen molar-refractivity contribution in [1.29, 1.82) is 0 Å². The Labute approximate surface area is 113 Å². The van der Waals surface area contributed by atoms with Gasteiger partial charge in [0.25, 0.3) is 0 Å². The molecule has 1 aromatic carbocycles. The van der Waals surface area contributed by atoms with Crippen LogP contribution in [-0.4, -0.2) is 26.9 Å². The molecule has 18 heavy (non-hydrogen) atoms. The summed E-state index contributed by atoms with van der Waals surface area (Å²) in [7, 11) is -1.95. The van der Waals surface area contributed by atoms with Crippen LogP contribution in [0.25, 0.3) is 0 Å². The van der Waals surface area contributed by atoms with Crippen LogP contribution in [0.4, 0.5) is 5.69 Å². The highest BCUT2D eigenvalue weighted by Crippen LogP contribution is 2.29. The second-order valence-electron chi connectivity index (χ2n) is 4.69. The van der Waals surface area contributed by atoms with E-state index in [2.05, 4.69) is 0 Å². The van der Waals surface area contributed by atoms with Crippen LogP contribution in [0.3, 0.4) is 0 Å². The molecule has 0 bridgehead atoms. The van der Waals surface area contributed by atoms with Crippen molar-refractivity contribution >= 4 is 27.1 Å². The van der Waals surface area contributed by atoms with Gasteiger partial charge in [0.1, 0.15) is 4.90 Å². The highest BCUT2D eigenvalue weighted by Gasteiger charge is 2.25. The fourth-order valence-corrected chi connectivity index (χ4v) is 3.73. The first-order valence-corrected chi connectivity index (χ1v) is 7.54. The summed E-state index contributed by atoms with van der Waals surface area (Å²) in [6.45, 7) is 3.66. The van der Waals surface area contributed by atoms with Crippen molar-refractivity contribution in [2.75, 3.05) is 18.6 Å². The zero-order valence-corrected chi connectivity index (χ0v) is 12.3. The van der Waals surface area contributed by atoms with Gasteiger partial charge in [-0.1, -0.05) is 17.7 Å². The van der Waals surface area contributed by atoms with Crippen LogP contribution in [0.1, 0.15) is 20.3 Å². The highest BCUT2D eigenvalue weighted by atomic mass is 35.5. The summed E-state index contributed by atoms with van der Waals surface area (Å²) in [6.07, 6.45) is 0.372. The second-order valence-corrected chi connectivity index (χ2v) is 7.14. The third-order valence-corrected chi connectivity index (χ3v) is 5.08. The standard InChI is InChI=1S/C12H18ClNO3S/c1-12(2,17-3)7-8-18(15,16)11-9(13)5-4-6-10(11)14/h4-6H,7-8,14H2,1-3H3. The summed E-state index contributed by atoms with van der Waals surface area (Å²) in [5.41, 5.74) is 5.37. The molecule has 0 spiro atoms. The number of methoxy groups -OCH3 is 1. The topological polar surface area (TPSA) is 69.4 Å². The van der Waals surface area contributed by atoms with E-state index in [1.807, 2.05) is 13.8 Å². The quantitative estimate of drug-likeness (QED) is 0.846. The number of sulfone groups is 1. The molecule has 0 aliphatic carbocycles. The lowest BCUT2D eigenvalue weighted by Gasteiger charge is -2.22. The Balaban J connectivity index is 3.01. The molecule has 0 aromatic heterocycles. The summed E-state index contributed by atoms with van der Waals surface area (Å²) in [5, 5.41) is 0.158. The number of nitrogen functional groups attached to an aromatic ring is 1. The molecule has 0 saturated heterocycles. The van der Waals surface area contributed by atoms with E-state index < -0.39 is 15.4 Å². The summed E-state index contributed by atoms with van der Waals surface area (Å²) < 4.78 is 29.6. The average molecular weight is 292 g/mol. The minimum Gasteiger partial charge on any atom is -0.398 e. The first kappa shape index (κ1) is 15.3. The van der Waals surface area contributed by atoms with Crippen molar-refractivity contribution in [1.82, 2.24) is 0 Å². The van der Waals surface area contributed by atoms with Crippen LogP contribution in [-0.2, 0) is 14.6 Å². The van der Waals surface area contributed by atoms with Crippen LogP contribution in [0.2, 0.25) is 5.02 Å². The molecule has 0 heterocycles. The van der Waals surface area contributed by atoms with E-state index in [-0.39, 0.29) is 21.4 Å². The normalized spacial score (nSPS) is 12.7. The molecule has 2 N–H and O–H groups in total. The molecular formula is C12H18ClNO3S. The van der Waals surface area contributed by atoms with E-state index in [1.54, 1.807) is 13.2 Å². The number of rotatable bonds is 5. The molecule has 0 unspecified atom stereocenters. The summed E-state index contributed by atoms with van der Waals surface area (Å²) in [4.78, 5) is 0.0126. The van der Waals surface area contributed by atoms with Crippen molar-refractivity contribution in [3.8, 4) is 0 Å². The smallest absolute Gasteiger partial charge is 0.181 e. The zero-order chi connectivity index (χ0) is 14.0.